The lowest BCUT2D eigenvalue weighted by atomic mass is 10.2. The van der Waals surface area contributed by atoms with Gasteiger partial charge in [-0.05, 0) is 30.4 Å². The van der Waals surface area contributed by atoms with Gasteiger partial charge in [0.25, 0.3) is 0 Å². The first-order valence-corrected chi connectivity index (χ1v) is 8.66. The molecule has 0 saturated heterocycles. The van der Waals surface area contributed by atoms with Crippen molar-refractivity contribution in [2.75, 3.05) is 17.2 Å². The van der Waals surface area contributed by atoms with Crippen LogP contribution in [0, 0.1) is 0 Å². The maximum atomic E-state index is 11.9. The van der Waals surface area contributed by atoms with Gasteiger partial charge in [-0.1, -0.05) is 19.1 Å². The zero-order valence-corrected chi connectivity index (χ0v) is 12.4. The second-order valence-electron chi connectivity index (χ2n) is 4.18. The SMILES string of the molecule is CCSCC(C)NS(=O)(=O)Cc1ccc(N)cc1. The van der Waals surface area contributed by atoms with Gasteiger partial charge in [-0.25, -0.2) is 13.1 Å². The molecule has 1 aromatic carbocycles. The van der Waals surface area contributed by atoms with Gasteiger partial charge in [0.2, 0.25) is 10.0 Å². The van der Waals surface area contributed by atoms with Gasteiger partial charge in [-0.2, -0.15) is 11.8 Å². The molecule has 0 aliphatic rings. The third-order valence-electron chi connectivity index (χ3n) is 2.29. The summed E-state index contributed by atoms with van der Waals surface area (Å²) >= 11 is 1.72. The summed E-state index contributed by atoms with van der Waals surface area (Å²) in [5, 5.41) is 0. The number of sulfonamides is 1. The van der Waals surface area contributed by atoms with Crippen LogP contribution in [-0.2, 0) is 15.8 Å². The molecule has 4 nitrogen and oxygen atoms in total. The van der Waals surface area contributed by atoms with E-state index >= 15 is 0 Å². The van der Waals surface area contributed by atoms with E-state index in [-0.39, 0.29) is 11.8 Å². The van der Waals surface area contributed by atoms with Gasteiger partial charge in [0.1, 0.15) is 0 Å². The highest BCUT2D eigenvalue weighted by Crippen LogP contribution is 2.10. The number of benzene rings is 1. The monoisotopic (exact) mass is 288 g/mol. The molecule has 0 aromatic heterocycles. The third kappa shape index (κ3) is 5.75. The Bertz CT molecular complexity index is 457. The van der Waals surface area contributed by atoms with E-state index in [1.54, 1.807) is 36.0 Å². The minimum Gasteiger partial charge on any atom is -0.399 e. The van der Waals surface area contributed by atoms with Gasteiger partial charge in [0.15, 0.2) is 0 Å². The Kier molecular flexibility index (Phi) is 5.98. The van der Waals surface area contributed by atoms with Crippen LogP contribution in [0.5, 0.6) is 0 Å². The Labute approximate surface area is 113 Å². The number of hydrogen-bond donors (Lipinski definition) is 2. The van der Waals surface area contributed by atoms with Crippen molar-refractivity contribution in [1.82, 2.24) is 4.72 Å². The molecule has 0 bridgehead atoms. The highest BCUT2D eigenvalue weighted by Gasteiger charge is 2.15. The number of nitrogens with two attached hydrogens (primary N) is 1. The summed E-state index contributed by atoms with van der Waals surface area (Å²) in [4.78, 5) is 0. The molecular weight excluding hydrogens is 268 g/mol. The molecule has 1 aromatic rings. The molecule has 0 saturated carbocycles. The summed E-state index contributed by atoms with van der Waals surface area (Å²) in [7, 11) is -3.28. The molecule has 0 heterocycles. The summed E-state index contributed by atoms with van der Waals surface area (Å²) < 4.78 is 26.5. The van der Waals surface area contributed by atoms with E-state index in [0.29, 0.717) is 5.69 Å². The second kappa shape index (κ2) is 7.01. The van der Waals surface area contributed by atoms with Crippen LogP contribution in [-0.4, -0.2) is 26.0 Å². The van der Waals surface area contributed by atoms with Gasteiger partial charge in [0.05, 0.1) is 5.75 Å². The molecular formula is C12H20N2O2S2. The fourth-order valence-corrected chi connectivity index (χ4v) is 3.70. The van der Waals surface area contributed by atoms with Crippen molar-refractivity contribution < 1.29 is 8.42 Å². The molecule has 0 aliphatic carbocycles. The van der Waals surface area contributed by atoms with Crippen LogP contribution in [0.25, 0.3) is 0 Å². The van der Waals surface area contributed by atoms with Crippen molar-refractivity contribution >= 4 is 27.5 Å². The largest absolute Gasteiger partial charge is 0.399 e. The van der Waals surface area contributed by atoms with E-state index in [9.17, 15) is 8.42 Å². The number of rotatable bonds is 7. The zero-order valence-electron chi connectivity index (χ0n) is 10.7. The molecule has 0 aliphatic heterocycles. The normalized spacial score (nSPS) is 13.4. The van der Waals surface area contributed by atoms with Crippen molar-refractivity contribution in [1.29, 1.82) is 0 Å². The molecule has 0 radical (unpaired) electrons. The van der Waals surface area contributed by atoms with Gasteiger partial charge in [-0.15, -0.1) is 0 Å². The zero-order chi connectivity index (χ0) is 13.6. The number of nitrogen functional groups attached to an aromatic ring is 1. The molecule has 0 fully saturated rings. The molecule has 1 rings (SSSR count). The fraction of sp³-hybridized carbons (Fsp3) is 0.500. The highest BCUT2D eigenvalue weighted by atomic mass is 32.2. The van der Waals surface area contributed by atoms with E-state index in [2.05, 4.69) is 11.6 Å². The van der Waals surface area contributed by atoms with E-state index < -0.39 is 10.0 Å². The van der Waals surface area contributed by atoms with Crippen molar-refractivity contribution in [2.24, 2.45) is 0 Å². The smallest absolute Gasteiger partial charge is 0.216 e. The van der Waals surface area contributed by atoms with Crippen LogP contribution < -0.4 is 10.5 Å². The van der Waals surface area contributed by atoms with Crippen LogP contribution in [0.3, 0.4) is 0 Å². The maximum absolute atomic E-state index is 11.9. The van der Waals surface area contributed by atoms with Crippen LogP contribution in [0.2, 0.25) is 0 Å². The van der Waals surface area contributed by atoms with Gasteiger partial charge >= 0.3 is 0 Å². The van der Waals surface area contributed by atoms with Crippen LogP contribution in [0.15, 0.2) is 24.3 Å². The highest BCUT2D eigenvalue weighted by molar-refractivity contribution is 7.99. The lowest BCUT2D eigenvalue weighted by molar-refractivity contribution is 0.570. The number of nitrogens with one attached hydrogen (secondary N) is 1. The van der Waals surface area contributed by atoms with Crippen LogP contribution in [0.1, 0.15) is 19.4 Å². The Morgan fingerprint density at radius 1 is 1.33 bits per heavy atom. The van der Waals surface area contributed by atoms with E-state index in [1.807, 2.05) is 6.92 Å². The fourth-order valence-electron chi connectivity index (χ4n) is 1.51. The molecule has 0 amide bonds. The topological polar surface area (TPSA) is 72.2 Å². The van der Waals surface area contributed by atoms with Crippen LogP contribution >= 0.6 is 11.8 Å². The first kappa shape index (κ1) is 15.3. The molecule has 6 heteroatoms. The Balaban J connectivity index is 2.56. The quantitative estimate of drug-likeness (QED) is 0.751. The summed E-state index contributed by atoms with van der Waals surface area (Å²) in [6.07, 6.45) is 0. The predicted molar refractivity (Wildman–Crippen MR) is 79.1 cm³/mol. The first-order valence-electron chi connectivity index (χ1n) is 5.85. The van der Waals surface area contributed by atoms with E-state index in [1.165, 1.54) is 0 Å². The number of anilines is 1. The van der Waals surface area contributed by atoms with Crippen molar-refractivity contribution in [3.05, 3.63) is 29.8 Å². The molecule has 18 heavy (non-hydrogen) atoms. The second-order valence-corrected chi connectivity index (χ2v) is 7.25. The first-order chi connectivity index (χ1) is 8.43. The molecule has 102 valence electrons. The number of thioether (sulfide) groups is 1. The molecule has 3 N–H and O–H groups in total. The molecule has 1 atom stereocenters. The van der Waals surface area contributed by atoms with Crippen LogP contribution in [0.4, 0.5) is 5.69 Å². The van der Waals surface area contributed by atoms with Crippen molar-refractivity contribution in [3.63, 3.8) is 0 Å². The van der Waals surface area contributed by atoms with Gasteiger partial charge < -0.3 is 5.73 Å². The van der Waals surface area contributed by atoms with E-state index in [0.717, 1.165) is 17.1 Å². The minimum atomic E-state index is -3.28. The summed E-state index contributed by atoms with van der Waals surface area (Å²) in [5.74, 6) is 1.77. The van der Waals surface area contributed by atoms with E-state index in [4.69, 9.17) is 5.73 Å². The van der Waals surface area contributed by atoms with Gasteiger partial charge in [0, 0.05) is 17.5 Å². The van der Waals surface area contributed by atoms with Crippen molar-refractivity contribution in [3.8, 4) is 0 Å². The van der Waals surface area contributed by atoms with Crippen molar-refractivity contribution in [2.45, 2.75) is 25.6 Å². The Morgan fingerprint density at radius 3 is 2.50 bits per heavy atom. The average molecular weight is 288 g/mol. The Morgan fingerprint density at radius 2 is 1.94 bits per heavy atom. The summed E-state index contributed by atoms with van der Waals surface area (Å²) in [6.45, 7) is 3.93. The summed E-state index contributed by atoms with van der Waals surface area (Å²) in [6, 6.07) is 6.84. The third-order valence-corrected chi connectivity index (χ3v) is 4.91. The molecule has 1 unspecified atom stereocenters. The lowest BCUT2D eigenvalue weighted by Crippen LogP contribution is -2.35. The Hall–Kier alpha value is -0.720. The summed E-state index contributed by atoms with van der Waals surface area (Å²) in [5.41, 5.74) is 6.94. The van der Waals surface area contributed by atoms with Gasteiger partial charge in [-0.3, -0.25) is 0 Å². The predicted octanol–water partition coefficient (Wildman–Crippen LogP) is 1.83. The maximum Gasteiger partial charge on any atom is 0.216 e. The minimum absolute atomic E-state index is 0.00554. The average Bonchev–Trinajstić information content (AvgIpc) is 2.28. The lowest BCUT2D eigenvalue weighted by Gasteiger charge is -2.13. The molecule has 0 spiro atoms. The number of hydrogen-bond acceptors (Lipinski definition) is 4. The standard InChI is InChI=1S/C12H20N2O2S2/c1-3-17-8-10(2)14-18(15,16)9-11-4-6-12(13)7-5-11/h4-7,10,14H,3,8-9,13H2,1-2H3.